The van der Waals surface area contributed by atoms with Crippen LogP contribution in [0.25, 0.3) is 0 Å². The standard InChI is InChI=1S/C7H18BNO/c1-6(5-10)4-9-7(2)3-8/h6-7,9-10H,3-5,8H2,1-2H3. The highest BCUT2D eigenvalue weighted by Crippen LogP contribution is 1.92. The molecule has 2 atom stereocenters. The van der Waals surface area contributed by atoms with Gasteiger partial charge in [0.15, 0.2) is 0 Å². The highest BCUT2D eigenvalue weighted by molar-refractivity contribution is 6.08. The number of nitrogens with one attached hydrogen (secondary N) is 1. The van der Waals surface area contributed by atoms with E-state index in [1.54, 1.807) is 0 Å². The zero-order chi connectivity index (χ0) is 7.98. The summed E-state index contributed by atoms with van der Waals surface area (Å²) in [6, 6.07) is 0.578. The molecular formula is C7H18BNO. The summed E-state index contributed by atoms with van der Waals surface area (Å²) < 4.78 is 0. The number of aliphatic hydroxyl groups is 1. The summed E-state index contributed by atoms with van der Waals surface area (Å²) in [5.74, 6) is 0.383. The van der Waals surface area contributed by atoms with Crippen LogP contribution in [0.4, 0.5) is 0 Å². The smallest absolute Gasteiger partial charge is 0.103 e. The molecule has 0 aliphatic heterocycles. The van der Waals surface area contributed by atoms with Crippen LogP contribution in [0.1, 0.15) is 13.8 Å². The quantitative estimate of drug-likeness (QED) is 0.515. The van der Waals surface area contributed by atoms with E-state index in [4.69, 9.17) is 5.11 Å². The van der Waals surface area contributed by atoms with Gasteiger partial charge in [-0.1, -0.05) is 20.2 Å². The molecule has 3 heteroatoms. The van der Waals surface area contributed by atoms with E-state index in [-0.39, 0.29) is 6.61 Å². The Labute approximate surface area is 64.4 Å². The van der Waals surface area contributed by atoms with Gasteiger partial charge in [-0.05, 0) is 12.0 Å². The molecular weight excluding hydrogens is 125 g/mol. The summed E-state index contributed by atoms with van der Waals surface area (Å²) in [6.07, 6.45) is 1.15. The van der Waals surface area contributed by atoms with Crippen molar-refractivity contribution in [3.8, 4) is 0 Å². The molecule has 0 aromatic rings. The number of rotatable bonds is 5. The van der Waals surface area contributed by atoms with E-state index in [2.05, 4.69) is 20.1 Å². The van der Waals surface area contributed by atoms with Crippen molar-refractivity contribution in [3.05, 3.63) is 0 Å². The Balaban J connectivity index is 3.17. The first kappa shape index (κ1) is 9.98. The van der Waals surface area contributed by atoms with Gasteiger partial charge in [0.05, 0.1) is 0 Å². The molecule has 0 saturated heterocycles. The van der Waals surface area contributed by atoms with E-state index >= 15 is 0 Å². The number of hydrogen-bond donors (Lipinski definition) is 2. The Morgan fingerprint density at radius 3 is 2.50 bits per heavy atom. The largest absolute Gasteiger partial charge is 0.396 e. The van der Waals surface area contributed by atoms with Gasteiger partial charge < -0.3 is 10.4 Å². The summed E-state index contributed by atoms with van der Waals surface area (Å²) in [5, 5.41) is 12.0. The lowest BCUT2D eigenvalue weighted by atomic mass is 9.98. The first-order chi connectivity index (χ1) is 4.70. The van der Waals surface area contributed by atoms with Crippen LogP contribution in [-0.2, 0) is 0 Å². The van der Waals surface area contributed by atoms with Gasteiger partial charge in [0.25, 0.3) is 0 Å². The van der Waals surface area contributed by atoms with E-state index in [0.717, 1.165) is 12.9 Å². The predicted octanol–water partition coefficient (Wildman–Crippen LogP) is -0.356. The minimum Gasteiger partial charge on any atom is -0.396 e. The average Bonchev–Trinajstić information content (AvgIpc) is 1.99. The van der Waals surface area contributed by atoms with Gasteiger partial charge in [-0.25, -0.2) is 0 Å². The Hall–Kier alpha value is -0.0151. The number of hydrogen-bond acceptors (Lipinski definition) is 2. The van der Waals surface area contributed by atoms with Crippen LogP contribution in [0.3, 0.4) is 0 Å². The minimum atomic E-state index is 0.281. The maximum atomic E-state index is 8.68. The van der Waals surface area contributed by atoms with Gasteiger partial charge in [0, 0.05) is 13.2 Å². The lowest BCUT2D eigenvalue weighted by Crippen LogP contribution is -2.31. The van der Waals surface area contributed by atoms with Crippen molar-refractivity contribution in [1.29, 1.82) is 0 Å². The van der Waals surface area contributed by atoms with E-state index in [1.165, 1.54) is 0 Å². The molecule has 2 nitrogen and oxygen atoms in total. The Morgan fingerprint density at radius 2 is 2.10 bits per heavy atom. The Kier molecular flexibility index (Phi) is 5.74. The molecule has 0 saturated carbocycles. The van der Waals surface area contributed by atoms with Crippen LogP contribution in [0.15, 0.2) is 0 Å². The predicted molar refractivity (Wildman–Crippen MR) is 47.1 cm³/mol. The lowest BCUT2D eigenvalue weighted by molar-refractivity contribution is 0.231. The van der Waals surface area contributed by atoms with Crippen molar-refractivity contribution in [3.63, 3.8) is 0 Å². The van der Waals surface area contributed by atoms with E-state index in [0.29, 0.717) is 12.0 Å². The summed E-state index contributed by atoms with van der Waals surface area (Å²) >= 11 is 0. The van der Waals surface area contributed by atoms with E-state index < -0.39 is 0 Å². The maximum Gasteiger partial charge on any atom is 0.103 e. The second kappa shape index (κ2) is 5.75. The Morgan fingerprint density at radius 1 is 1.50 bits per heavy atom. The molecule has 60 valence electrons. The molecule has 0 spiro atoms. The topological polar surface area (TPSA) is 32.3 Å². The SMILES string of the molecule is BCC(C)NCC(C)CO. The molecule has 0 aliphatic rings. The summed E-state index contributed by atoms with van der Waals surface area (Å²) in [7, 11) is 2.15. The monoisotopic (exact) mass is 143 g/mol. The van der Waals surface area contributed by atoms with Crippen molar-refractivity contribution in [1.82, 2.24) is 5.32 Å². The van der Waals surface area contributed by atoms with Crippen molar-refractivity contribution < 1.29 is 5.11 Å². The van der Waals surface area contributed by atoms with Gasteiger partial charge >= 0.3 is 0 Å². The van der Waals surface area contributed by atoms with E-state index in [1.807, 2.05) is 6.92 Å². The molecule has 0 rings (SSSR count). The van der Waals surface area contributed by atoms with Gasteiger partial charge in [-0.15, -0.1) is 0 Å². The molecule has 2 unspecified atom stereocenters. The molecule has 10 heavy (non-hydrogen) atoms. The Bertz CT molecular complexity index is 70.0. The number of aliphatic hydroxyl groups excluding tert-OH is 1. The molecule has 0 aromatic carbocycles. The fourth-order valence-electron chi connectivity index (χ4n) is 0.611. The fraction of sp³-hybridized carbons (Fsp3) is 1.00. The van der Waals surface area contributed by atoms with Crippen molar-refractivity contribution in [2.75, 3.05) is 13.2 Å². The highest BCUT2D eigenvalue weighted by atomic mass is 16.3. The summed E-state index contributed by atoms with van der Waals surface area (Å²) in [5.41, 5.74) is 0. The average molecular weight is 143 g/mol. The third-order valence-electron chi connectivity index (χ3n) is 1.74. The van der Waals surface area contributed by atoms with Gasteiger partial charge in [-0.3, -0.25) is 0 Å². The third kappa shape index (κ3) is 4.83. The first-order valence-electron chi connectivity index (χ1n) is 4.05. The summed E-state index contributed by atoms with van der Waals surface area (Å²) in [6.45, 7) is 5.40. The molecule has 0 aromatic heterocycles. The van der Waals surface area contributed by atoms with Crippen LogP contribution in [0.5, 0.6) is 0 Å². The maximum absolute atomic E-state index is 8.68. The molecule has 0 heterocycles. The summed E-state index contributed by atoms with van der Waals surface area (Å²) in [4.78, 5) is 0. The van der Waals surface area contributed by atoms with Crippen LogP contribution in [0.2, 0.25) is 6.32 Å². The first-order valence-corrected chi connectivity index (χ1v) is 4.05. The van der Waals surface area contributed by atoms with Crippen LogP contribution in [-0.4, -0.2) is 32.1 Å². The van der Waals surface area contributed by atoms with Crippen molar-refractivity contribution >= 4 is 7.85 Å². The van der Waals surface area contributed by atoms with Crippen LogP contribution >= 0.6 is 0 Å². The van der Waals surface area contributed by atoms with E-state index in [9.17, 15) is 0 Å². The van der Waals surface area contributed by atoms with Gasteiger partial charge in [-0.2, -0.15) is 0 Å². The minimum absolute atomic E-state index is 0.281. The molecule has 0 aliphatic carbocycles. The van der Waals surface area contributed by atoms with Crippen LogP contribution < -0.4 is 5.32 Å². The fourth-order valence-corrected chi connectivity index (χ4v) is 0.611. The molecule has 0 radical (unpaired) electrons. The van der Waals surface area contributed by atoms with Gasteiger partial charge in [0.1, 0.15) is 7.85 Å². The normalized spacial score (nSPS) is 16.7. The molecule has 0 bridgehead atoms. The second-order valence-corrected chi connectivity index (χ2v) is 3.01. The lowest BCUT2D eigenvalue weighted by Gasteiger charge is -2.14. The third-order valence-corrected chi connectivity index (χ3v) is 1.74. The van der Waals surface area contributed by atoms with Crippen molar-refractivity contribution in [2.24, 2.45) is 5.92 Å². The zero-order valence-corrected chi connectivity index (χ0v) is 7.22. The highest BCUT2D eigenvalue weighted by Gasteiger charge is 2.01. The van der Waals surface area contributed by atoms with Crippen LogP contribution in [0, 0.1) is 5.92 Å². The second-order valence-electron chi connectivity index (χ2n) is 3.01. The molecule has 0 amide bonds. The zero-order valence-electron chi connectivity index (χ0n) is 7.22. The molecule has 2 N–H and O–H groups in total. The molecule has 0 fully saturated rings. The van der Waals surface area contributed by atoms with Gasteiger partial charge in [0.2, 0.25) is 0 Å². The van der Waals surface area contributed by atoms with Crippen molar-refractivity contribution in [2.45, 2.75) is 26.2 Å².